The Morgan fingerprint density at radius 2 is 1.23 bits per heavy atom. The van der Waals surface area contributed by atoms with Crippen molar-refractivity contribution >= 4 is 96.0 Å². The summed E-state index contributed by atoms with van der Waals surface area (Å²) in [5, 5.41) is 5.22. The third-order valence-electron chi connectivity index (χ3n) is 9.09. The molecule has 0 bridgehead atoms. The predicted octanol–water partition coefficient (Wildman–Crippen LogP) is 13.0. The van der Waals surface area contributed by atoms with E-state index in [0.29, 0.717) is 0 Å². The zero-order chi connectivity index (χ0) is 28.9. The molecule has 6 aromatic carbocycles. The van der Waals surface area contributed by atoms with E-state index in [-0.39, 0.29) is 5.41 Å². The maximum atomic E-state index is 4.07. The van der Waals surface area contributed by atoms with Crippen molar-refractivity contribution in [3.63, 3.8) is 0 Å². The number of halogens is 1. The molecule has 0 saturated carbocycles. The highest BCUT2D eigenvalue weighted by molar-refractivity contribution is 9.10. The van der Waals surface area contributed by atoms with Gasteiger partial charge in [-0.1, -0.05) is 96.5 Å². The van der Waals surface area contributed by atoms with Gasteiger partial charge in [0.25, 0.3) is 0 Å². The minimum atomic E-state index is -0.0772. The number of nitrogens with zero attached hydrogens (tertiary/aromatic N) is 1. The van der Waals surface area contributed by atoms with Crippen LogP contribution < -0.4 is 4.90 Å². The number of benzene rings is 6. The molecule has 1 aliphatic carbocycles. The van der Waals surface area contributed by atoms with Crippen LogP contribution in [0.15, 0.2) is 126 Å². The van der Waals surface area contributed by atoms with Crippen LogP contribution in [-0.2, 0) is 5.41 Å². The maximum Gasteiger partial charge on any atom is 0.0554 e. The third-order valence-corrected chi connectivity index (χ3v) is 12.0. The van der Waals surface area contributed by atoms with E-state index in [0.717, 1.165) is 15.8 Å². The van der Waals surface area contributed by atoms with Crippen LogP contribution in [0.1, 0.15) is 25.0 Å². The van der Waals surface area contributed by atoms with Crippen molar-refractivity contribution in [2.24, 2.45) is 0 Å². The SMILES string of the molecule is CC1(C)c2ccccc2-c2cc(N(c3ccc4sc5ccccc5c4c3)c3cccc4sc5ccccc5c34)cc(Br)c21. The van der Waals surface area contributed by atoms with Crippen LogP contribution in [0.4, 0.5) is 17.1 Å². The molecule has 0 radical (unpaired) electrons. The van der Waals surface area contributed by atoms with Gasteiger partial charge in [-0.2, -0.15) is 0 Å². The molecule has 0 aliphatic heterocycles. The fourth-order valence-corrected chi connectivity index (χ4v) is 10.3. The van der Waals surface area contributed by atoms with Gasteiger partial charge in [0.2, 0.25) is 0 Å². The number of thiophene rings is 2. The van der Waals surface area contributed by atoms with Gasteiger partial charge in [-0.05, 0) is 76.9 Å². The van der Waals surface area contributed by atoms with Crippen molar-refractivity contribution in [3.8, 4) is 11.1 Å². The number of fused-ring (bicyclic) bond motifs is 9. The number of hydrogen-bond acceptors (Lipinski definition) is 3. The molecule has 0 amide bonds. The van der Waals surface area contributed by atoms with Crippen molar-refractivity contribution in [1.82, 2.24) is 0 Å². The topological polar surface area (TPSA) is 3.24 Å². The molecular weight excluding hydrogens is 626 g/mol. The fourth-order valence-electron chi connectivity index (χ4n) is 7.19. The molecule has 0 atom stereocenters. The molecule has 0 fully saturated rings. The fraction of sp³-hybridized carbons (Fsp3) is 0.0769. The highest BCUT2D eigenvalue weighted by Gasteiger charge is 2.37. The van der Waals surface area contributed by atoms with E-state index in [1.807, 2.05) is 22.7 Å². The molecule has 0 saturated heterocycles. The van der Waals surface area contributed by atoms with Gasteiger partial charge in [-0.25, -0.2) is 0 Å². The van der Waals surface area contributed by atoms with Crippen molar-refractivity contribution < 1.29 is 0 Å². The first kappa shape index (κ1) is 25.5. The Morgan fingerprint density at radius 1 is 0.558 bits per heavy atom. The highest BCUT2D eigenvalue weighted by Crippen LogP contribution is 2.54. The summed E-state index contributed by atoms with van der Waals surface area (Å²) in [5.41, 5.74) is 8.80. The van der Waals surface area contributed by atoms with Crippen molar-refractivity contribution in [3.05, 3.63) is 137 Å². The van der Waals surface area contributed by atoms with Crippen LogP contribution in [-0.4, -0.2) is 0 Å². The van der Waals surface area contributed by atoms with Gasteiger partial charge < -0.3 is 4.90 Å². The van der Waals surface area contributed by atoms with E-state index in [9.17, 15) is 0 Å². The van der Waals surface area contributed by atoms with Crippen LogP contribution in [0.5, 0.6) is 0 Å². The van der Waals surface area contributed by atoms with Crippen LogP contribution in [0.3, 0.4) is 0 Å². The first-order valence-corrected chi connectivity index (χ1v) is 17.0. The van der Waals surface area contributed by atoms with E-state index < -0.39 is 0 Å². The van der Waals surface area contributed by atoms with Crippen LogP contribution in [0.2, 0.25) is 0 Å². The minimum Gasteiger partial charge on any atom is -0.310 e. The van der Waals surface area contributed by atoms with Crippen molar-refractivity contribution in [1.29, 1.82) is 0 Å². The molecule has 0 N–H and O–H groups in total. The summed E-state index contributed by atoms with van der Waals surface area (Å²) in [6.45, 7) is 4.68. The summed E-state index contributed by atoms with van der Waals surface area (Å²) < 4.78 is 6.41. The van der Waals surface area contributed by atoms with Gasteiger partial charge >= 0.3 is 0 Å². The molecule has 0 unspecified atom stereocenters. The summed E-state index contributed by atoms with van der Waals surface area (Å²) in [6, 6.07) is 44.9. The summed E-state index contributed by atoms with van der Waals surface area (Å²) in [5.74, 6) is 0. The second-order valence-corrected chi connectivity index (χ2v) is 14.9. The molecule has 1 nitrogen and oxygen atoms in total. The molecular formula is C39H26BrNS2. The van der Waals surface area contributed by atoms with E-state index in [2.05, 4.69) is 156 Å². The minimum absolute atomic E-state index is 0.0772. The lowest BCUT2D eigenvalue weighted by atomic mass is 9.82. The smallest absolute Gasteiger partial charge is 0.0554 e. The normalized spacial score (nSPS) is 13.7. The molecule has 2 aromatic heterocycles. The van der Waals surface area contributed by atoms with Crippen LogP contribution >= 0.6 is 38.6 Å². The molecule has 1 aliphatic rings. The van der Waals surface area contributed by atoms with Gasteiger partial charge in [-0.3, -0.25) is 0 Å². The number of anilines is 3. The van der Waals surface area contributed by atoms with Gasteiger partial charge in [0.15, 0.2) is 0 Å². The van der Waals surface area contributed by atoms with E-state index in [4.69, 9.17) is 0 Å². The van der Waals surface area contributed by atoms with Crippen LogP contribution in [0.25, 0.3) is 51.5 Å². The average Bonchev–Trinajstić information content (AvgIpc) is 3.66. The van der Waals surface area contributed by atoms with Crippen molar-refractivity contribution in [2.75, 3.05) is 4.90 Å². The highest BCUT2D eigenvalue weighted by atomic mass is 79.9. The first-order valence-electron chi connectivity index (χ1n) is 14.5. The summed E-state index contributed by atoms with van der Waals surface area (Å²) in [7, 11) is 0. The van der Waals surface area contributed by atoms with E-state index >= 15 is 0 Å². The number of hydrogen-bond donors (Lipinski definition) is 0. The second kappa shape index (κ2) is 9.27. The second-order valence-electron chi connectivity index (χ2n) is 11.9. The Kier molecular flexibility index (Phi) is 5.50. The molecule has 2 heterocycles. The van der Waals surface area contributed by atoms with Gasteiger partial charge in [-0.15, -0.1) is 22.7 Å². The largest absolute Gasteiger partial charge is 0.310 e. The van der Waals surface area contributed by atoms with Gasteiger partial charge in [0.05, 0.1) is 5.69 Å². The van der Waals surface area contributed by atoms with Crippen molar-refractivity contribution in [2.45, 2.75) is 19.3 Å². The zero-order valence-electron chi connectivity index (χ0n) is 23.7. The molecule has 206 valence electrons. The quantitative estimate of drug-likeness (QED) is 0.184. The average molecular weight is 653 g/mol. The Hall–Kier alpha value is -3.96. The molecule has 43 heavy (non-hydrogen) atoms. The summed E-state index contributed by atoms with van der Waals surface area (Å²) >= 11 is 7.81. The molecule has 8 aromatic rings. The van der Waals surface area contributed by atoms with Gasteiger partial charge in [0, 0.05) is 61.6 Å². The first-order chi connectivity index (χ1) is 21.0. The lowest BCUT2D eigenvalue weighted by molar-refractivity contribution is 0.657. The zero-order valence-corrected chi connectivity index (χ0v) is 26.9. The lowest BCUT2D eigenvalue weighted by Crippen LogP contribution is -2.16. The van der Waals surface area contributed by atoms with E-state index in [1.165, 1.54) is 68.3 Å². The molecule has 4 heteroatoms. The monoisotopic (exact) mass is 651 g/mol. The maximum absolute atomic E-state index is 4.07. The molecule has 9 rings (SSSR count). The van der Waals surface area contributed by atoms with Gasteiger partial charge in [0.1, 0.15) is 0 Å². The Labute approximate surface area is 266 Å². The standard InChI is InChI=1S/C39H26BrNS2/c1-39(2)30-13-6-3-10-25(30)29-21-24(22-31(40)38(29)39)41(23-18-19-35-28(20-23)26-11-4-7-15-33(26)42-35)32-14-9-17-36-37(32)27-12-5-8-16-34(27)43-36/h3-22H,1-2H3. The van der Waals surface area contributed by atoms with E-state index in [1.54, 1.807) is 0 Å². The lowest BCUT2D eigenvalue weighted by Gasteiger charge is -2.29. The Morgan fingerprint density at radius 3 is 2.09 bits per heavy atom. The summed E-state index contributed by atoms with van der Waals surface area (Å²) in [6.07, 6.45) is 0. The predicted molar refractivity (Wildman–Crippen MR) is 192 cm³/mol. The molecule has 0 spiro atoms. The Bertz CT molecular complexity index is 2410. The number of rotatable bonds is 3. The Balaban J connectivity index is 1.37. The third kappa shape index (κ3) is 3.67. The summed E-state index contributed by atoms with van der Waals surface area (Å²) in [4.78, 5) is 2.48. The van der Waals surface area contributed by atoms with Crippen LogP contribution in [0, 0.1) is 0 Å².